The SMILES string of the molecule is CC(C)(C)n1cc(CNc2cccc([N+](=O)[O-])c2)nn1. The van der Waals surface area contributed by atoms with Crippen molar-refractivity contribution in [1.29, 1.82) is 0 Å². The van der Waals surface area contributed by atoms with E-state index >= 15 is 0 Å². The van der Waals surface area contributed by atoms with Crippen LogP contribution in [0, 0.1) is 10.1 Å². The molecule has 0 bridgehead atoms. The van der Waals surface area contributed by atoms with Crippen LogP contribution in [0.15, 0.2) is 30.5 Å². The fraction of sp³-hybridized carbons (Fsp3) is 0.385. The standard InChI is InChI=1S/C13H17N5O2/c1-13(2,3)17-9-11(15-16-17)8-14-10-5-4-6-12(7-10)18(19)20/h4-7,9,14H,8H2,1-3H3. The van der Waals surface area contributed by atoms with Gasteiger partial charge < -0.3 is 5.32 Å². The van der Waals surface area contributed by atoms with Crippen molar-refractivity contribution in [2.45, 2.75) is 32.9 Å². The van der Waals surface area contributed by atoms with E-state index in [1.807, 2.05) is 27.0 Å². The Hall–Kier alpha value is -2.44. The van der Waals surface area contributed by atoms with Gasteiger partial charge in [-0.05, 0) is 26.8 Å². The maximum Gasteiger partial charge on any atom is 0.271 e. The zero-order valence-electron chi connectivity index (χ0n) is 11.7. The van der Waals surface area contributed by atoms with Gasteiger partial charge in [0.2, 0.25) is 0 Å². The molecule has 20 heavy (non-hydrogen) atoms. The van der Waals surface area contributed by atoms with Crippen LogP contribution < -0.4 is 5.32 Å². The van der Waals surface area contributed by atoms with Gasteiger partial charge in [-0.2, -0.15) is 0 Å². The van der Waals surface area contributed by atoms with Gasteiger partial charge in [0.25, 0.3) is 5.69 Å². The Kier molecular flexibility index (Phi) is 3.69. The number of hydrogen-bond donors (Lipinski definition) is 1. The van der Waals surface area contributed by atoms with Crippen LogP contribution in [0.3, 0.4) is 0 Å². The van der Waals surface area contributed by atoms with Crippen molar-refractivity contribution in [2.24, 2.45) is 0 Å². The molecule has 7 nitrogen and oxygen atoms in total. The van der Waals surface area contributed by atoms with Gasteiger partial charge in [0.15, 0.2) is 0 Å². The quantitative estimate of drug-likeness (QED) is 0.684. The smallest absolute Gasteiger partial charge is 0.271 e. The molecule has 0 unspecified atom stereocenters. The van der Waals surface area contributed by atoms with E-state index < -0.39 is 4.92 Å². The van der Waals surface area contributed by atoms with Gasteiger partial charge in [-0.3, -0.25) is 10.1 Å². The van der Waals surface area contributed by atoms with Gasteiger partial charge in [-0.15, -0.1) is 5.10 Å². The molecule has 106 valence electrons. The van der Waals surface area contributed by atoms with Crippen LogP contribution in [0.4, 0.5) is 11.4 Å². The predicted molar refractivity (Wildman–Crippen MR) is 75.4 cm³/mol. The lowest BCUT2D eigenvalue weighted by molar-refractivity contribution is -0.384. The Bertz CT molecular complexity index is 615. The number of non-ortho nitro benzene ring substituents is 1. The molecule has 7 heteroatoms. The molecule has 1 N–H and O–H groups in total. The topological polar surface area (TPSA) is 85.9 Å². The number of nitro groups is 1. The zero-order valence-corrected chi connectivity index (χ0v) is 11.7. The van der Waals surface area contributed by atoms with Crippen LogP contribution in [0.25, 0.3) is 0 Å². The van der Waals surface area contributed by atoms with Crippen molar-refractivity contribution >= 4 is 11.4 Å². The second kappa shape index (κ2) is 5.28. The van der Waals surface area contributed by atoms with Crippen LogP contribution in [0.5, 0.6) is 0 Å². The zero-order chi connectivity index (χ0) is 14.8. The molecule has 1 aromatic heterocycles. The van der Waals surface area contributed by atoms with Gasteiger partial charge in [0.05, 0.1) is 23.2 Å². The minimum absolute atomic E-state index is 0.0633. The Morgan fingerprint density at radius 3 is 2.75 bits per heavy atom. The molecule has 2 aromatic rings. The Labute approximate surface area is 116 Å². The van der Waals surface area contributed by atoms with E-state index in [4.69, 9.17) is 0 Å². The third-order valence-corrected chi connectivity index (χ3v) is 2.76. The fourth-order valence-electron chi connectivity index (χ4n) is 1.63. The second-order valence-corrected chi connectivity index (χ2v) is 5.49. The number of hydrogen-bond acceptors (Lipinski definition) is 5. The summed E-state index contributed by atoms with van der Waals surface area (Å²) in [5.41, 5.74) is 1.42. The number of benzene rings is 1. The van der Waals surface area contributed by atoms with Gasteiger partial charge in [0, 0.05) is 17.8 Å². The summed E-state index contributed by atoms with van der Waals surface area (Å²) in [5, 5.41) is 21.9. The number of anilines is 1. The molecule has 2 rings (SSSR count). The van der Waals surface area contributed by atoms with Crippen LogP contribution in [0.2, 0.25) is 0 Å². The highest BCUT2D eigenvalue weighted by atomic mass is 16.6. The lowest BCUT2D eigenvalue weighted by Gasteiger charge is -2.17. The lowest BCUT2D eigenvalue weighted by Crippen LogP contribution is -2.22. The van der Waals surface area contributed by atoms with Crippen molar-refractivity contribution in [3.05, 3.63) is 46.3 Å². The molecule has 0 spiro atoms. The fourth-order valence-corrected chi connectivity index (χ4v) is 1.63. The average Bonchev–Trinajstić information content (AvgIpc) is 2.85. The molecule has 0 saturated heterocycles. The third kappa shape index (κ3) is 3.31. The van der Waals surface area contributed by atoms with Gasteiger partial charge in [-0.1, -0.05) is 11.3 Å². The summed E-state index contributed by atoms with van der Waals surface area (Å²) in [5.74, 6) is 0. The minimum atomic E-state index is -0.416. The lowest BCUT2D eigenvalue weighted by atomic mass is 10.1. The van der Waals surface area contributed by atoms with E-state index in [2.05, 4.69) is 15.6 Å². The Morgan fingerprint density at radius 2 is 2.15 bits per heavy atom. The number of rotatable bonds is 4. The van der Waals surface area contributed by atoms with E-state index in [1.54, 1.807) is 16.8 Å². The van der Waals surface area contributed by atoms with Gasteiger partial charge in [-0.25, -0.2) is 4.68 Å². The summed E-state index contributed by atoms with van der Waals surface area (Å²) in [6.07, 6.45) is 1.87. The highest BCUT2D eigenvalue weighted by molar-refractivity contribution is 5.50. The predicted octanol–water partition coefficient (Wildman–Crippen LogP) is 2.55. The molecule has 1 aromatic carbocycles. The Morgan fingerprint density at radius 1 is 1.40 bits per heavy atom. The van der Waals surface area contributed by atoms with Crippen LogP contribution >= 0.6 is 0 Å². The maximum atomic E-state index is 10.7. The third-order valence-electron chi connectivity index (χ3n) is 2.76. The normalized spacial score (nSPS) is 11.3. The first kappa shape index (κ1) is 14.0. The molecular formula is C13H17N5O2. The average molecular weight is 275 g/mol. The number of nitrogens with zero attached hydrogens (tertiary/aromatic N) is 4. The molecule has 0 fully saturated rings. The molecular weight excluding hydrogens is 258 g/mol. The van der Waals surface area contributed by atoms with Crippen molar-refractivity contribution in [2.75, 3.05) is 5.32 Å². The van der Waals surface area contributed by atoms with E-state index in [1.165, 1.54) is 12.1 Å². The largest absolute Gasteiger partial charge is 0.379 e. The first-order chi connectivity index (χ1) is 9.36. The van der Waals surface area contributed by atoms with Crippen molar-refractivity contribution in [3.63, 3.8) is 0 Å². The summed E-state index contributed by atoms with van der Waals surface area (Å²) in [4.78, 5) is 10.3. The van der Waals surface area contributed by atoms with Gasteiger partial charge in [0.1, 0.15) is 5.69 Å². The number of nitrogens with one attached hydrogen (secondary N) is 1. The number of aromatic nitrogens is 3. The molecule has 0 aliphatic heterocycles. The van der Waals surface area contributed by atoms with E-state index in [9.17, 15) is 10.1 Å². The molecule has 0 saturated carbocycles. The highest BCUT2D eigenvalue weighted by Crippen LogP contribution is 2.18. The summed E-state index contributed by atoms with van der Waals surface area (Å²) in [6.45, 7) is 6.59. The monoisotopic (exact) mass is 275 g/mol. The highest BCUT2D eigenvalue weighted by Gasteiger charge is 2.15. The van der Waals surface area contributed by atoms with Gasteiger partial charge >= 0.3 is 0 Å². The van der Waals surface area contributed by atoms with Crippen molar-refractivity contribution in [1.82, 2.24) is 15.0 Å². The number of nitro benzene ring substituents is 1. The second-order valence-electron chi connectivity index (χ2n) is 5.49. The van der Waals surface area contributed by atoms with Crippen LogP contribution in [0.1, 0.15) is 26.5 Å². The molecule has 0 aliphatic rings. The van der Waals surface area contributed by atoms with E-state index in [0.29, 0.717) is 12.2 Å². The Balaban J connectivity index is 2.04. The first-order valence-electron chi connectivity index (χ1n) is 6.26. The van der Waals surface area contributed by atoms with Crippen molar-refractivity contribution in [3.8, 4) is 0 Å². The van der Waals surface area contributed by atoms with E-state index in [0.717, 1.165) is 5.69 Å². The molecule has 0 radical (unpaired) electrons. The minimum Gasteiger partial charge on any atom is -0.379 e. The summed E-state index contributed by atoms with van der Waals surface area (Å²) < 4.78 is 1.79. The van der Waals surface area contributed by atoms with Crippen LogP contribution in [-0.2, 0) is 12.1 Å². The molecule has 0 aliphatic carbocycles. The van der Waals surface area contributed by atoms with Crippen LogP contribution in [-0.4, -0.2) is 19.9 Å². The van der Waals surface area contributed by atoms with Crippen molar-refractivity contribution < 1.29 is 4.92 Å². The summed E-state index contributed by atoms with van der Waals surface area (Å²) >= 11 is 0. The summed E-state index contributed by atoms with van der Waals surface area (Å²) in [6, 6.07) is 6.38. The first-order valence-corrected chi connectivity index (χ1v) is 6.26. The summed E-state index contributed by atoms with van der Waals surface area (Å²) in [7, 11) is 0. The molecule has 1 heterocycles. The maximum absolute atomic E-state index is 10.7. The molecule has 0 amide bonds. The molecule has 0 atom stereocenters. The van der Waals surface area contributed by atoms with E-state index in [-0.39, 0.29) is 11.2 Å².